The van der Waals surface area contributed by atoms with Crippen LogP contribution in [0.15, 0.2) is 34.9 Å². The molecule has 5 nitrogen and oxygen atoms in total. The molecular weight excluding hydrogens is 336 g/mol. The Morgan fingerprint density at radius 3 is 2.59 bits per heavy atom. The minimum atomic E-state index is 0.127. The Bertz CT molecular complexity index is 803. The largest absolute Gasteiger partial charge is 0.339 e. The van der Waals surface area contributed by atoms with Crippen molar-refractivity contribution in [2.24, 2.45) is 11.8 Å². The highest BCUT2D eigenvalue weighted by Crippen LogP contribution is 2.49. The van der Waals surface area contributed by atoms with Crippen LogP contribution >= 0.6 is 0 Å². The van der Waals surface area contributed by atoms with Gasteiger partial charge in [-0.15, -0.1) is 0 Å². The van der Waals surface area contributed by atoms with E-state index < -0.39 is 0 Å². The zero-order valence-corrected chi connectivity index (χ0v) is 15.7. The molecule has 1 aromatic carbocycles. The van der Waals surface area contributed by atoms with Gasteiger partial charge >= 0.3 is 0 Å². The maximum Gasteiger partial charge on any atom is 0.229 e. The van der Waals surface area contributed by atoms with Crippen LogP contribution in [0.25, 0.3) is 0 Å². The molecule has 5 atom stereocenters. The van der Waals surface area contributed by atoms with Gasteiger partial charge in [-0.2, -0.15) is 4.98 Å². The van der Waals surface area contributed by atoms with Crippen LogP contribution in [0.4, 0.5) is 0 Å². The van der Waals surface area contributed by atoms with Crippen LogP contribution in [0.5, 0.6) is 0 Å². The van der Waals surface area contributed by atoms with Crippen molar-refractivity contribution in [3.8, 4) is 0 Å². The third-order valence-corrected chi connectivity index (χ3v) is 7.49. The summed E-state index contributed by atoms with van der Waals surface area (Å²) in [5.41, 5.74) is 1.59. The summed E-state index contributed by atoms with van der Waals surface area (Å²) in [5.74, 6) is 4.64. The summed E-state index contributed by atoms with van der Waals surface area (Å²) < 4.78 is 5.74. The number of hydrogen-bond acceptors (Lipinski definition) is 5. The van der Waals surface area contributed by atoms with E-state index in [4.69, 9.17) is 9.51 Å². The molecule has 1 aliphatic heterocycles. The molecule has 0 bridgehead atoms. The van der Waals surface area contributed by atoms with Gasteiger partial charge in [-0.25, -0.2) is 0 Å². The number of rotatable bonds is 6. The lowest BCUT2D eigenvalue weighted by Crippen LogP contribution is -2.30. The van der Waals surface area contributed by atoms with E-state index in [2.05, 4.69) is 46.1 Å². The molecule has 1 saturated heterocycles. The second-order valence-electron chi connectivity index (χ2n) is 9.32. The molecule has 6 rings (SSSR count). The van der Waals surface area contributed by atoms with E-state index in [1.165, 1.54) is 50.8 Å². The molecule has 2 aromatic rings. The average molecular weight is 364 g/mol. The molecular formula is C22H28N4O. The van der Waals surface area contributed by atoms with E-state index in [9.17, 15) is 0 Å². The van der Waals surface area contributed by atoms with Gasteiger partial charge in [-0.1, -0.05) is 35.5 Å². The van der Waals surface area contributed by atoms with Gasteiger partial charge in [0.1, 0.15) is 0 Å². The molecule has 0 radical (unpaired) electrons. The molecule has 0 amide bonds. The second kappa shape index (κ2) is 6.14. The molecule has 1 aromatic heterocycles. The van der Waals surface area contributed by atoms with Crippen molar-refractivity contribution in [2.45, 2.75) is 55.4 Å². The van der Waals surface area contributed by atoms with Crippen molar-refractivity contribution in [1.82, 2.24) is 20.8 Å². The van der Waals surface area contributed by atoms with E-state index in [0.717, 1.165) is 30.1 Å². The lowest BCUT2D eigenvalue weighted by molar-refractivity contribution is 0.340. The molecule has 4 fully saturated rings. The van der Waals surface area contributed by atoms with Crippen LogP contribution in [0.3, 0.4) is 0 Å². The van der Waals surface area contributed by atoms with E-state index >= 15 is 0 Å². The SMILES string of the molecule is c1ccc([C@@H]2C[C@H]2NCC2(c3noc(C4C[C@H]5CNC[C@H]5C4)n3)CC2)cc1. The summed E-state index contributed by atoms with van der Waals surface area (Å²) in [5, 5.41) is 11.7. The van der Waals surface area contributed by atoms with Crippen molar-refractivity contribution >= 4 is 0 Å². The normalized spacial score (nSPS) is 35.9. The fourth-order valence-electron chi connectivity index (χ4n) is 5.43. The lowest BCUT2D eigenvalue weighted by Gasteiger charge is -2.12. The highest BCUT2D eigenvalue weighted by molar-refractivity contribution is 5.28. The van der Waals surface area contributed by atoms with Crippen molar-refractivity contribution < 1.29 is 4.52 Å². The number of aromatic nitrogens is 2. The highest BCUT2D eigenvalue weighted by Gasteiger charge is 2.51. The summed E-state index contributed by atoms with van der Waals surface area (Å²) in [7, 11) is 0. The smallest absolute Gasteiger partial charge is 0.229 e. The highest BCUT2D eigenvalue weighted by atomic mass is 16.5. The number of fused-ring (bicyclic) bond motifs is 1. The number of nitrogens with one attached hydrogen (secondary N) is 2. The number of nitrogens with zero attached hydrogens (tertiary/aromatic N) is 2. The third kappa shape index (κ3) is 2.92. The Kier molecular flexibility index (Phi) is 3.70. The molecule has 2 heterocycles. The van der Waals surface area contributed by atoms with Gasteiger partial charge in [0.2, 0.25) is 5.89 Å². The Morgan fingerprint density at radius 1 is 1.07 bits per heavy atom. The molecule has 1 unspecified atom stereocenters. The molecule has 2 N–H and O–H groups in total. The lowest BCUT2D eigenvalue weighted by atomic mass is 10.0. The molecule has 27 heavy (non-hydrogen) atoms. The fourth-order valence-corrected chi connectivity index (χ4v) is 5.43. The van der Waals surface area contributed by atoms with Crippen LogP contribution in [0.2, 0.25) is 0 Å². The van der Waals surface area contributed by atoms with Gasteiger partial charge in [-0.3, -0.25) is 0 Å². The Balaban J connectivity index is 1.08. The van der Waals surface area contributed by atoms with Crippen LogP contribution in [-0.2, 0) is 5.41 Å². The molecule has 0 spiro atoms. The second-order valence-corrected chi connectivity index (χ2v) is 9.32. The third-order valence-electron chi connectivity index (χ3n) is 7.49. The molecule has 142 valence electrons. The number of benzene rings is 1. The van der Waals surface area contributed by atoms with Gasteiger partial charge in [0, 0.05) is 29.8 Å². The minimum absolute atomic E-state index is 0.127. The van der Waals surface area contributed by atoms with Crippen LogP contribution in [0.1, 0.15) is 61.2 Å². The average Bonchev–Trinajstić information content (AvgIpc) is 3.46. The summed E-state index contributed by atoms with van der Waals surface area (Å²) in [6, 6.07) is 11.5. The zero-order chi connectivity index (χ0) is 17.8. The van der Waals surface area contributed by atoms with Crippen molar-refractivity contribution in [2.75, 3.05) is 19.6 Å². The maximum absolute atomic E-state index is 5.74. The molecule has 4 aliphatic rings. The van der Waals surface area contributed by atoms with Gasteiger partial charge < -0.3 is 15.2 Å². The van der Waals surface area contributed by atoms with Crippen LogP contribution < -0.4 is 10.6 Å². The number of hydrogen-bond donors (Lipinski definition) is 2. The summed E-state index contributed by atoms with van der Waals surface area (Å²) in [6.45, 7) is 3.32. The predicted octanol–water partition coefficient (Wildman–Crippen LogP) is 2.96. The van der Waals surface area contributed by atoms with Crippen LogP contribution in [-0.4, -0.2) is 35.8 Å². The van der Waals surface area contributed by atoms with E-state index in [1.807, 2.05) is 0 Å². The van der Waals surface area contributed by atoms with Gasteiger partial charge in [0.25, 0.3) is 0 Å². The quantitative estimate of drug-likeness (QED) is 0.825. The first-order chi connectivity index (χ1) is 13.3. The van der Waals surface area contributed by atoms with Gasteiger partial charge in [0.15, 0.2) is 5.82 Å². The minimum Gasteiger partial charge on any atom is -0.339 e. The first kappa shape index (κ1) is 16.3. The molecule has 3 aliphatic carbocycles. The Hall–Kier alpha value is -1.72. The van der Waals surface area contributed by atoms with E-state index in [-0.39, 0.29) is 5.41 Å². The van der Waals surface area contributed by atoms with Gasteiger partial charge in [-0.05, 0) is 62.6 Å². The summed E-state index contributed by atoms with van der Waals surface area (Å²) in [4.78, 5) is 4.89. The predicted molar refractivity (Wildman–Crippen MR) is 103 cm³/mol. The molecule has 5 heteroatoms. The van der Waals surface area contributed by atoms with Crippen molar-refractivity contribution in [3.05, 3.63) is 47.6 Å². The topological polar surface area (TPSA) is 63.0 Å². The fraction of sp³-hybridized carbons (Fsp3) is 0.636. The first-order valence-electron chi connectivity index (χ1n) is 10.6. The maximum atomic E-state index is 5.74. The standard InChI is InChI=1S/C22H28N4O/c1-2-4-14(5-3-1)18-10-19(18)24-13-22(6-7-22)21-25-20(27-26-21)15-8-16-11-23-12-17(16)9-15/h1-5,15-19,23-24H,6-13H2/t15?,16-,17+,18-,19+/m0/s1. The van der Waals surface area contributed by atoms with Gasteiger partial charge in [0.05, 0.1) is 0 Å². The summed E-state index contributed by atoms with van der Waals surface area (Å²) >= 11 is 0. The molecule has 3 saturated carbocycles. The van der Waals surface area contributed by atoms with Crippen molar-refractivity contribution in [1.29, 1.82) is 0 Å². The van der Waals surface area contributed by atoms with Crippen LogP contribution in [0, 0.1) is 11.8 Å². The van der Waals surface area contributed by atoms with E-state index in [0.29, 0.717) is 17.9 Å². The first-order valence-corrected chi connectivity index (χ1v) is 10.6. The summed E-state index contributed by atoms with van der Waals surface area (Å²) in [6.07, 6.45) is 6.04. The Labute approximate surface area is 160 Å². The monoisotopic (exact) mass is 364 g/mol. The van der Waals surface area contributed by atoms with Crippen molar-refractivity contribution in [3.63, 3.8) is 0 Å². The zero-order valence-electron chi connectivity index (χ0n) is 15.7. The van der Waals surface area contributed by atoms with E-state index in [1.54, 1.807) is 0 Å². The Morgan fingerprint density at radius 2 is 1.85 bits per heavy atom.